The highest BCUT2D eigenvalue weighted by Gasteiger charge is 2.28. The number of benzene rings is 2. The molecule has 2 heterocycles. The SMILES string of the molecule is c1ccc(Oc2cccnc2S[C@@H](c2ccccc2)[C@@H]2CNCCO2)cc1. The fourth-order valence-electron chi connectivity index (χ4n) is 3.06. The van der Waals surface area contributed by atoms with Crippen LogP contribution in [0.4, 0.5) is 0 Å². The molecular formula is C22H22N2O2S. The Labute approximate surface area is 163 Å². The Morgan fingerprint density at radius 2 is 1.78 bits per heavy atom. The van der Waals surface area contributed by atoms with Crippen LogP contribution in [-0.4, -0.2) is 30.8 Å². The molecule has 1 fully saturated rings. The van der Waals surface area contributed by atoms with Gasteiger partial charge in [-0.2, -0.15) is 0 Å². The molecule has 1 N–H and O–H groups in total. The topological polar surface area (TPSA) is 43.4 Å². The number of para-hydroxylation sites is 1. The first-order valence-electron chi connectivity index (χ1n) is 9.12. The predicted octanol–water partition coefficient (Wildman–Crippen LogP) is 4.70. The normalized spacial score (nSPS) is 18.0. The first kappa shape index (κ1) is 18.0. The Kier molecular flexibility index (Phi) is 6.04. The maximum Gasteiger partial charge on any atom is 0.159 e. The number of nitrogens with zero attached hydrogens (tertiary/aromatic N) is 1. The van der Waals surface area contributed by atoms with Crippen LogP contribution < -0.4 is 10.1 Å². The first-order chi connectivity index (χ1) is 13.4. The van der Waals surface area contributed by atoms with Crippen molar-refractivity contribution >= 4 is 11.8 Å². The van der Waals surface area contributed by atoms with Crippen LogP contribution in [0.5, 0.6) is 11.5 Å². The standard InChI is InChI=1S/C22H22N2O2S/c1-3-8-17(9-4-1)21(20-16-23-14-15-25-20)27-22-19(12-7-13-24-22)26-18-10-5-2-6-11-18/h1-13,20-21,23H,14-16H2/t20-,21-/m0/s1. The van der Waals surface area contributed by atoms with Gasteiger partial charge in [0.15, 0.2) is 5.75 Å². The third-order valence-corrected chi connectivity index (χ3v) is 5.73. The van der Waals surface area contributed by atoms with Crippen LogP contribution in [0.15, 0.2) is 84.0 Å². The Morgan fingerprint density at radius 1 is 1.00 bits per heavy atom. The van der Waals surface area contributed by atoms with E-state index in [9.17, 15) is 0 Å². The van der Waals surface area contributed by atoms with E-state index in [1.54, 1.807) is 11.8 Å². The van der Waals surface area contributed by atoms with Gasteiger partial charge in [-0.05, 0) is 29.8 Å². The minimum atomic E-state index is 0.0812. The Morgan fingerprint density at radius 3 is 2.52 bits per heavy atom. The van der Waals surface area contributed by atoms with Gasteiger partial charge in [0.1, 0.15) is 10.8 Å². The second-order valence-electron chi connectivity index (χ2n) is 6.28. The average molecular weight is 378 g/mol. The van der Waals surface area contributed by atoms with E-state index in [0.29, 0.717) is 0 Å². The highest BCUT2D eigenvalue weighted by Crippen LogP contribution is 2.42. The molecule has 0 unspecified atom stereocenters. The van der Waals surface area contributed by atoms with E-state index in [1.807, 2.05) is 54.7 Å². The van der Waals surface area contributed by atoms with Gasteiger partial charge in [0.2, 0.25) is 0 Å². The van der Waals surface area contributed by atoms with Crippen molar-refractivity contribution in [2.75, 3.05) is 19.7 Å². The molecule has 0 amide bonds. The number of ether oxygens (including phenoxy) is 2. The molecule has 4 nitrogen and oxygen atoms in total. The van der Waals surface area contributed by atoms with Crippen molar-refractivity contribution < 1.29 is 9.47 Å². The molecular weight excluding hydrogens is 356 g/mol. The summed E-state index contributed by atoms with van der Waals surface area (Å²) in [5.74, 6) is 1.57. The highest BCUT2D eigenvalue weighted by molar-refractivity contribution is 7.99. The highest BCUT2D eigenvalue weighted by atomic mass is 32.2. The monoisotopic (exact) mass is 378 g/mol. The van der Waals surface area contributed by atoms with E-state index in [-0.39, 0.29) is 11.4 Å². The summed E-state index contributed by atoms with van der Waals surface area (Å²) >= 11 is 1.69. The smallest absolute Gasteiger partial charge is 0.159 e. The van der Waals surface area contributed by atoms with E-state index in [0.717, 1.165) is 36.2 Å². The average Bonchev–Trinajstić information content (AvgIpc) is 2.75. The number of hydrogen-bond donors (Lipinski definition) is 1. The van der Waals surface area contributed by atoms with Crippen molar-refractivity contribution in [2.24, 2.45) is 0 Å². The quantitative estimate of drug-likeness (QED) is 0.630. The number of rotatable bonds is 6. The molecule has 0 bridgehead atoms. The zero-order chi connectivity index (χ0) is 18.3. The van der Waals surface area contributed by atoms with Crippen LogP contribution in [0.2, 0.25) is 0 Å². The minimum Gasteiger partial charge on any atom is -0.455 e. The number of thioether (sulfide) groups is 1. The molecule has 1 aliphatic rings. The van der Waals surface area contributed by atoms with Gasteiger partial charge in [0.05, 0.1) is 18.0 Å². The zero-order valence-electron chi connectivity index (χ0n) is 15.0. The van der Waals surface area contributed by atoms with E-state index < -0.39 is 0 Å². The molecule has 5 heteroatoms. The first-order valence-corrected chi connectivity index (χ1v) is 10.00. The fourth-order valence-corrected chi connectivity index (χ4v) is 4.27. The molecule has 138 valence electrons. The summed E-state index contributed by atoms with van der Waals surface area (Å²) in [6, 6.07) is 24.1. The van der Waals surface area contributed by atoms with Gasteiger partial charge < -0.3 is 14.8 Å². The third-order valence-electron chi connectivity index (χ3n) is 4.37. The number of hydrogen-bond acceptors (Lipinski definition) is 5. The molecule has 1 saturated heterocycles. The molecule has 1 aromatic heterocycles. The molecule has 1 aliphatic heterocycles. The summed E-state index contributed by atoms with van der Waals surface area (Å²) in [7, 11) is 0. The van der Waals surface area contributed by atoms with E-state index in [2.05, 4.69) is 34.6 Å². The summed E-state index contributed by atoms with van der Waals surface area (Å²) in [6.45, 7) is 2.45. The molecule has 2 aromatic carbocycles. The van der Waals surface area contributed by atoms with Crippen molar-refractivity contribution in [1.29, 1.82) is 0 Å². The van der Waals surface area contributed by atoms with Crippen molar-refractivity contribution in [2.45, 2.75) is 16.4 Å². The third kappa shape index (κ3) is 4.69. The summed E-state index contributed by atoms with van der Waals surface area (Å²) in [5.41, 5.74) is 1.23. The van der Waals surface area contributed by atoms with Gasteiger partial charge in [-0.25, -0.2) is 4.98 Å². The summed E-state index contributed by atoms with van der Waals surface area (Å²) < 4.78 is 12.2. The molecule has 0 aliphatic carbocycles. The largest absolute Gasteiger partial charge is 0.455 e. The van der Waals surface area contributed by atoms with E-state index in [1.165, 1.54) is 5.56 Å². The Balaban J connectivity index is 1.61. The van der Waals surface area contributed by atoms with Gasteiger partial charge in [0.25, 0.3) is 0 Å². The lowest BCUT2D eigenvalue weighted by molar-refractivity contribution is 0.0273. The molecule has 4 rings (SSSR count). The zero-order valence-corrected chi connectivity index (χ0v) is 15.8. The number of morpholine rings is 1. The number of aromatic nitrogens is 1. The fraction of sp³-hybridized carbons (Fsp3) is 0.227. The number of nitrogens with one attached hydrogen (secondary N) is 1. The molecule has 3 aromatic rings. The second-order valence-corrected chi connectivity index (χ2v) is 7.41. The summed E-state index contributed by atoms with van der Waals surface area (Å²) in [6.07, 6.45) is 1.89. The van der Waals surface area contributed by atoms with Gasteiger partial charge in [0, 0.05) is 19.3 Å². The lowest BCUT2D eigenvalue weighted by Gasteiger charge is -2.31. The van der Waals surface area contributed by atoms with Crippen molar-refractivity contribution in [1.82, 2.24) is 10.3 Å². The molecule has 0 spiro atoms. The number of pyridine rings is 1. The lowest BCUT2D eigenvalue weighted by Crippen LogP contribution is -2.41. The summed E-state index contributed by atoms with van der Waals surface area (Å²) in [4.78, 5) is 4.60. The lowest BCUT2D eigenvalue weighted by atomic mass is 10.1. The molecule has 0 radical (unpaired) electrons. The van der Waals surface area contributed by atoms with Crippen LogP contribution in [0.25, 0.3) is 0 Å². The Hall–Kier alpha value is -2.34. The van der Waals surface area contributed by atoms with Crippen molar-refractivity contribution in [3.63, 3.8) is 0 Å². The Bertz CT molecular complexity index is 839. The van der Waals surface area contributed by atoms with Crippen LogP contribution in [0.3, 0.4) is 0 Å². The van der Waals surface area contributed by atoms with Crippen molar-refractivity contribution in [3.8, 4) is 11.5 Å². The van der Waals surface area contributed by atoms with Crippen LogP contribution in [0, 0.1) is 0 Å². The maximum atomic E-state index is 6.09. The second kappa shape index (κ2) is 9.04. The van der Waals surface area contributed by atoms with Crippen LogP contribution >= 0.6 is 11.8 Å². The van der Waals surface area contributed by atoms with Crippen LogP contribution in [-0.2, 0) is 4.74 Å². The molecule has 27 heavy (non-hydrogen) atoms. The van der Waals surface area contributed by atoms with Gasteiger partial charge in [-0.15, -0.1) is 0 Å². The van der Waals surface area contributed by atoms with E-state index >= 15 is 0 Å². The summed E-state index contributed by atoms with van der Waals surface area (Å²) in [5, 5.41) is 4.43. The van der Waals surface area contributed by atoms with Gasteiger partial charge in [-0.1, -0.05) is 60.3 Å². The van der Waals surface area contributed by atoms with E-state index in [4.69, 9.17) is 9.47 Å². The van der Waals surface area contributed by atoms with Crippen molar-refractivity contribution in [3.05, 3.63) is 84.6 Å². The van der Waals surface area contributed by atoms with Gasteiger partial charge in [-0.3, -0.25) is 0 Å². The predicted molar refractivity (Wildman–Crippen MR) is 108 cm³/mol. The minimum absolute atomic E-state index is 0.0812. The maximum absolute atomic E-state index is 6.09. The van der Waals surface area contributed by atoms with Crippen LogP contribution in [0.1, 0.15) is 10.8 Å². The molecule has 2 atom stereocenters. The molecule has 0 saturated carbocycles. The van der Waals surface area contributed by atoms with Gasteiger partial charge >= 0.3 is 0 Å².